The number of hydrazine groups is 1. The molecule has 1 heterocycles. The zero-order valence-electron chi connectivity index (χ0n) is 15.9. The number of thiocarbonyl (C=S) groups is 1. The number of alkyl halides is 3. The molecule has 1 atom stereocenters. The molecule has 0 bridgehead atoms. The van der Waals surface area contributed by atoms with E-state index in [1.165, 1.54) is 6.08 Å². The van der Waals surface area contributed by atoms with Gasteiger partial charge in [0.25, 0.3) is 0 Å². The van der Waals surface area contributed by atoms with Gasteiger partial charge in [-0.25, -0.2) is 4.99 Å². The lowest BCUT2D eigenvalue weighted by Crippen LogP contribution is -2.28. The fourth-order valence-corrected chi connectivity index (χ4v) is 3.21. The van der Waals surface area contributed by atoms with Crippen LogP contribution in [0.1, 0.15) is 51.4 Å². The average Bonchev–Trinajstić information content (AvgIpc) is 2.65. The van der Waals surface area contributed by atoms with E-state index in [2.05, 4.69) is 20.5 Å². The quantitative estimate of drug-likeness (QED) is 0.223. The van der Waals surface area contributed by atoms with Crippen LogP contribution in [0, 0.1) is 5.92 Å². The molecule has 6 nitrogen and oxygen atoms in total. The van der Waals surface area contributed by atoms with E-state index in [-0.39, 0.29) is 24.5 Å². The third-order valence-corrected chi connectivity index (χ3v) is 4.77. The van der Waals surface area contributed by atoms with Crippen LogP contribution < -0.4 is 16.6 Å². The van der Waals surface area contributed by atoms with E-state index >= 15 is 0 Å². The Morgan fingerprint density at radius 3 is 2.79 bits per heavy atom. The number of nitrogens with one attached hydrogen (secondary N) is 2. The Kier molecular flexibility index (Phi) is 8.84. The van der Waals surface area contributed by atoms with Gasteiger partial charge in [0.15, 0.2) is 0 Å². The highest BCUT2D eigenvalue weighted by atomic mass is 32.1. The van der Waals surface area contributed by atoms with Crippen LogP contribution in [0.2, 0.25) is 0 Å². The molecule has 0 radical (unpaired) electrons. The van der Waals surface area contributed by atoms with E-state index in [0.717, 1.165) is 32.1 Å². The zero-order chi connectivity index (χ0) is 21.3. The minimum absolute atomic E-state index is 0.0317. The van der Waals surface area contributed by atoms with Gasteiger partial charge in [-0.05, 0) is 55.7 Å². The minimum Gasteiger partial charge on any atom is -0.410 e. The molecule has 160 valence electrons. The number of halogens is 3. The fraction of sp³-hybridized carbons (Fsp3) is 0.526. The van der Waals surface area contributed by atoms with Crippen LogP contribution in [0.4, 0.5) is 13.2 Å². The molecule has 0 fully saturated rings. The maximum atomic E-state index is 12.3. The Labute approximate surface area is 173 Å². The topological polar surface area (TPSA) is 88.7 Å². The van der Waals surface area contributed by atoms with Crippen molar-refractivity contribution in [2.45, 2.75) is 57.7 Å². The van der Waals surface area contributed by atoms with Crippen molar-refractivity contribution in [1.82, 2.24) is 10.7 Å². The minimum atomic E-state index is -4.72. The number of allylic oxidation sites excluding steroid dienone is 4. The number of carbonyl (C=O) groups excluding carboxylic acids is 1. The molecule has 4 N–H and O–H groups in total. The van der Waals surface area contributed by atoms with Gasteiger partial charge in [0.05, 0.1) is 11.4 Å². The summed E-state index contributed by atoms with van der Waals surface area (Å²) in [4.78, 5) is 17.1. The largest absolute Gasteiger partial charge is 0.572 e. The predicted octanol–water partition coefficient (Wildman–Crippen LogP) is 3.92. The Morgan fingerprint density at radius 1 is 1.34 bits per heavy atom. The summed E-state index contributed by atoms with van der Waals surface area (Å²) in [7, 11) is 0. The molecule has 0 aromatic rings. The summed E-state index contributed by atoms with van der Waals surface area (Å²) < 4.78 is 40.9. The molecule has 2 aliphatic rings. The summed E-state index contributed by atoms with van der Waals surface area (Å²) in [5.74, 6) is 5.50. The maximum Gasteiger partial charge on any atom is 0.572 e. The lowest BCUT2D eigenvalue weighted by Gasteiger charge is -2.17. The van der Waals surface area contributed by atoms with Gasteiger partial charge in [0, 0.05) is 12.6 Å². The monoisotopic (exact) mass is 430 g/mol. The average molecular weight is 430 g/mol. The van der Waals surface area contributed by atoms with Crippen molar-refractivity contribution in [3.63, 3.8) is 0 Å². The van der Waals surface area contributed by atoms with Gasteiger partial charge in [-0.15, -0.1) is 13.2 Å². The summed E-state index contributed by atoms with van der Waals surface area (Å²) >= 11 is 4.99. The Hall–Kier alpha value is -2.20. The van der Waals surface area contributed by atoms with Crippen molar-refractivity contribution < 1.29 is 22.7 Å². The Bertz CT molecular complexity index is 729. The van der Waals surface area contributed by atoms with Crippen molar-refractivity contribution >= 4 is 29.3 Å². The van der Waals surface area contributed by atoms with Gasteiger partial charge in [-0.1, -0.05) is 24.7 Å². The maximum absolute atomic E-state index is 12.3. The molecule has 0 saturated heterocycles. The Morgan fingerprint density at radius 2 is 2.14 bits per heavy atom. The standard InChI is InChI=1S/C19H25F3N4O2S/c20-19(21,22)28-15-6-3-5-14(10-15)11-17(27)25-16-9-8-13(12-24-16)4-1-2-7-18(29)26-23/h5,9-10,12-13H,1-4,6-8,11,23H2,(H,25,27)(H,26,29). The van der Waals surface area contributed by atoms with Crippen LogP contribution in [-0.4, -0.2) is 23.5 Å². The van der Waals surface area contributed by atoms with E-state index < -0.39 is 6.36 Å². The summed E-state index contributed by atoms with van der Waals surface area (Å²) in [6.45, 7) is 0. The van der Waals surface area contributed by atoms with Gasteiger partial charge in [-0.2, -0.15) is 0 Å². The number of hydrogen-bond acceptors (Lipinski definition) is 5. The zero-order valence-corrected chi connectivity index (χ0v) is 16.7. The normalized spacial score (nSPS) is 19.0. The molecular formula is C19H25F3N4O2S. The van der Waals surface area contributed by atoms with Crippen LogP contribution >= 0.6 is 12.2 Å². The van der Waals surface area contributed by atoms with Gasteiger partial charge in [0.1, 0.15) is 11.6 Å². The predicted molar refractivity (Wildman–Crippen MR) is 108 cm³/mol. The summed E-state index contributed by atoms with van der Waals surface area (Å²) in [6.07, 6.45) is 6.95. The number of amides is 1. The first-order valence-electron chi connectivity index (χ1n) is 9.44. The van der Waals surface area contributed by atoms with E-state index in [4.69, 9.17) is 18.1 Å². The van der Waals surface area contributed by atoms with Crippen LogP contribution in [0.15, 0.2) is 40.4 Å². The van der Waals surface area contributed by atoms with Gasteiger partial charge in [-0.3, -0.25) is 10.6 Å². The SMILES string of the molecule is NNC(=S)CCCCC1C=NC(NC(=O)CC2=CCCC(OC(F)(F)F)=C2)=CC1. The number of nitrogens with two attached hydrogens (primary N) is 1. The Balaban J connectivity index is 1.72. The second-order valence-electron chi connectivity index (χ2n) is 6.88. The number of unbranched alkanes of at least 4 members (excludes halogenated alkanes) is 1. The molecule has 1 aliphatic heterocycles. The van der Waals surface area contributed by atoms with E-state index in [1.54, 1.807) is 6.08 Å². The van der Waals surface area contributed by atoms with E-state index in [0.29, 0.717) is 28.7 Å². The molecule has 1 unspecified atom stereocenters. The smallest absolute Gasteiger partial charge is 0.410 e. The summed E-state index contributed by atoms with van der Waals surface area (Å²) in [6, 6.07) is 0. The summed E-state index contributed by atoms with van der Waals surface area (Å²) in [5, 5.41) is 2.69. The summed E-state index contributed by atoms with van der Waals surface area (Å²) in [5.41, 5.74) is 2.96. The van der Waals surface area contributed by atoms with Crippen molar-refractivity contribution in [3.8, 4) is 0 Å². The van der Waals surface area contributed by atoms with E-state index in [1.807, 2.05) is 12.3 Å². The first kappa shape index (κ1) is 23.1. The molecule has 1 amide bonds. The molecule has 0 saturated carbocycles. The first-order chi connectivity index (χ1) is 13.7. The van der Waals surface area contributed by atoms with Crippen molar-refractivity contribution in [2.75, 3.05) is 0 Å². The van der Waals surface area contributed by atoms with E-state index in [9.17, 15) is 18.0 Å². The van der Waals surface area contributed by atoms with Crippen molar-refractivity contribution in [2.24, 2.45) is 16.8 Å². The molecular weight excluding hydrogens is 405 g/mol. The van der Waals surface area contributed by atoms with Crippen molar-refractivity contribution in [1.29, 1.82) is 0 Å². The molecule has 0 spiro atoms. The lowest BCUT2D eigenvalue weighted by atomic mass is 9.97. The molecule has 1 aliphatic carbocycles. The highest BCUT2D eigenvalue weighted by Crippen LogP contribution is 2.28. The van der Waals surface area contributed by atoms with Crippen LogP contribution in [0.3, 0.4) is 0 Å². The first-order valence-corrected chi connectivity index (χ1v) is 9.85. The number of carbonyl (C=O) groups is 1. The molecule has 10 heteroatoms. The number of ether oxygens (including phenoxy) is 1. The number of nitrogens with zero attached hydrogens (tertiary/aromatic N) is 1. The van der Waals surface area contributed by atoms with Crippen LogP contribution in [-0.2, 0) is 9.53 Å². The van der Waals surface area contributed by atoms with Crippen molar-refractivity contribution in [3.05, 3.63) is 35.4 Å². The molecule has 0 aromatic carbocycles. The van der Waals surface area contributed by atoms with Crippen LogP contribution in [0.25, 0.3) is 0 Å². The van der Waals surface area contributed by atoms with Gasteiger partial charge in [0.2, 0.25) is 5.91 Å². The number of rotatable bonds is 9. The third kappa shape index (κ3) is 9.23. The van der Waals surface area contributed by atoms with Gasteiger partial charge < -0.3 is 15.5 Å². The second kappa shape index (κ2) is 11.1. The lowest BCUT2D eigenvalue weighted by molar-refractivity contribution is -0.306. The third-order valence-electron chi connectivity index (χ3n) is 4.45. The second-order valence-corrected chi connectivity index (χ2v) is 7.37. The number of aliphatic imine (C=N–C) groups is 1. The van der Waals surface area contributed by atoms with Crippen LogP contribution in [0.5, 0.6) is 0 Å². The molecule has 0 aromatic heterocycles. The molecule has 2 rings (SSSR count). The molecule has 29 heavy (non-hydrogen) atoms. The van der Waals surface area contributed by atoms with Gasteiger partial charge >= 0.3 is 6.36 Å². The number of hydrogen-bond donors (Lipinski definition) is 3. The fourth-order valence-electron chi connectivity index (χ4n) is 3.06. The highest BCUT2D eigenvalue weighted by Gasteiger charge is 2.32. The highest BCUT2D eigenvalue weighted by molar-refractivity contribution is 7.80.